The lowest BCUT2D eigenvalue weighted by atomic mass is 10.1. The number of nitrogen functional groups attached to an aromatic ring is 1. The lowest BCUT2D eigenvalue weighted by Gasteiger charge is -2.17. The standard InChI is InChI=1S/C22H33N7O2/c1-4-5-9-24-21-20-18(25-22(23)26-21)15-29(27-20)14-17-8-7-16(12-19(17)31-3)13-28(2)10-6-11-30/h7-8,12,15,30H,4-6,9-11,13-14H2,1-3H3,(H3,23,24,25,26). The minimum absolute atomic E-state index is 0.205. The molecule has 2 heterocycles. The molecule has 0 radical (unpaired) electrons. The number of aliphatic hydroxyl groups is 1. The Hall–Kier alpha value is -2.91. The van der Waals surface area contributed by atoms with Gasteiger partial charge in [-0.05, 0) is 31.5 Å². The zero-order chi connectivity index (χ0) is 22.2. The van der Waals surface area contributed by atoms with Crippen LogP contribution in [0.3, 0.4) is 0 Å². The van der Waals surface area contributed by atoms with Crippen molar-refractivity contribution < 1.29 is 9.84 Å². The highest BCUT2D eigenvalue weighted by atomic mass is 16.5. The number of ether oxygens (including phenoxy) is 1. The second kappa shape index (κ2) is 10.9. The number of hydrogen-bond acceptors (Lipinski definition) is 8. The van der Waals surface area contributed by atoms with Gasteiger partial charge in [0.1, 0.15) is 11.3 Å². The number of nitrogens with zero attached hydrogens (tertiary/aromatic N) is 5. The molecule has 9 heteroatoms. The number of aliphatic hydroxyl groups excluding tert-OH is 1. The van der Waals surface area contributed by atoms with Crippen molar-refractivity contribution in [3.8, 4) is 5.75 Å². The van der Waals surface area contributed by atoms with Crippen molar-refractivity contribution in [2.45, 2.75) is 39.3 Å². The first-order valence-corrected chi connectivity index (χ1v) is 10.7. The number of unbranched alkanes of at least 4 members (excludes halogenated alkanes) is 1. The summed E-state index contributed by atoms with van der Waals surface area (Å²) in [5, 5.41) is 17.0. The molecule has 0 fully saturated rings. The molecule has 1 aromatic carbocycles. The Labute approximate surface area is 183 Å². The van der Waals surface area contributed by atoms with Gasteiger partial charge in [-0.1, -0.05) is 25.5 Å². The summed E-state index contributed by atoms with van der Waals surface area (Å²) in [6.45, 7) is 5.36. The van der Waals surface area contributed by atoms with Gasteiger partial charge >= 0.3 is 0 Å². The predicted octanol–water partition coefficient (Wildman–Crippen LogP) is 2.49. The third-order valence-corrected chi connectivity index (χ3v) is 5.09. The molecule has 3 rings (SSSR count). The van der Waals surface area contributed by atoms with Crippen molar-refractivity contribution in [2.75, 3.05) is 44.9 Å². The summed E-state index contributed by atoms with van der Waals surface area (Å²) in [6, 6.07) is 6.23. The van der Waals surface area contributed by atoms with Gasteiger partial charge in [0.2, 0.25) is 5.95 Å². The number of fused-ring (bicyclic) bond motifs is 1. The van der Waals surface area contributed by atoms with Gasteiger partial charge in [-0.25, -0.2) is 4.98 Å². The topological polar surface area (TPSA) is 114 Å². The van der Waals surface area contributed by atoms with Crippen LogP contribution in [-0.2, 0) is 13.1 Å². The van der Waals surface area contributed by atoms with E-state index in [0.29, 0.717) is 23.4 Å². The van der Waals surface area contributed by atoms with Crippen molar-refractivity contribution >= 4 is 22.8 Å². The molecule has 0 spiro atoms. The van der Waals surface area contributed by atoms with Crippen LogP contribution < -0.4 is 15.8 Å². The first kappa shape index (κ1) is 22.8. The van der Waals surface area contributed by atoms with Crippen molar-refractivity contribution in [3.05, 3.63) is 35.5 Å². The average Bonchev–Trinajstić information content (AvgIpc) is 3.15. The Morgan fingerprint density at radius 1 is 1.26 bits per heavy atom. The fraction of sp³-hybridized carbons (Fsp3) is 0.500. The second-order valence-electron chi connectivity index (χ2n) is 7.73. The second-order valence-corrected chi connectivity index (χ2v) is 7.73. The summed E-state index contributed by atoms with van der Waals surface area (Å²) >= 11 is 0. The van der Waals surface area contributed by atoms with E-state index in [1.807, 2.05) is 17.9 Å². The SMILES string of the molecule is CCCCNc1nc(N)nc2cn(Cc3ccc(CN(C)CCCO)cc3OC)nc12. The Balaban J connectivity index is 1.79. The molecule has 9 nitrogen and oxygen atoms in total. The van der Waals surface area contributed by atoms with E-state index in [9.17, 15) is 0 Å². The molecule has 0 amide bonds. The van der Waals surface area contributed by atoms with Crippen molar-refractivity contribution in [2.24, 2.45) is 0 Å². The van der Waals surface area contributed by atoms with Crippen molar-refractivity contribution in [3.63, 3.8) is 0 Å². The minimum atomic E-state index is 0.205. The molecular formula is C22H33N7O2. The molecule has 0 unspecified atom stereocenters. The smallest absolute Gasteiger partial charge is 0.222 e. The van der Waals surface area contributed by atoms with Gasteiger partial charge < -0.3 is 25.8 Å². The number of rotatable bonds is 12. The molecule has 0 aliphatic carbocycles. The zero-order valence-electron chi connectivity index (χ0n) is 18.6. The molecule has 0 aliphatic rings. The van der Waals surface area contributed by atoms with E-state index in [2.05, 4.69) is 45.3 Å². The zero-order valence-corrected chi connectivity index (χ0v) is 18.6. The maximum Gasteiger partial charge on any atom is 0.222 e. The van der Waals surface area contributed by atoms with Gasteiger partial charge in [-0.3, -0.25) is 4.68 Å². The molecule has 3 aromatic rings. The predicted molar refractivity (Wildman–Crippen MR) is 123 cm³/mol. The molecule has 0 bridgehead atoms. The van der Waals surface area contributed by atoms with E-state index in [4.69, 9.17) is 20.7 Å². The largest absolute Gasteiger partial charge is 0.496 e. The lowest BCUT2D eigenvalue weighted by Crippen LogP contribution is -2.20. The number of aromatic nitrogens is 4. The average molecular weight is 428 g/mol. The number of hydrogen-bond donors (Lipinski definition) is 3. The first-order valence-electron chi connectivity index (χ1n) is 10.7. The number of nitrogens with two attached hydrogens (primary N) is 1. The summed E-state index contributed by atoms with van der Waals surface area (Å²) in [5.41, 5.74) is 9.50. The van der Waals surface area contributed by atoms with Gasteiger partial charge in [0.25, 0.3) is 0 Å². The van der Waals surface area contributed by atoms with Gasteiger partial charge in [0, 0.05) is 31.8 Å². The lowest BCUT2D eigenvalue weighted by molar-refractivity contribution is 0.244. The Morgan fingerprint density at radius 2 is 2.10 bits per heavy atom. The summed E-state index contributed by atoms with van der Waals surface area (Å²) in [5.74, 6) is 1.72. The van der Waals surface area contributed by atoms with Crippen LogP contribution in [0.15, 0.2) is 24.4 Å². The van der Waals surface area contributed by atoms with E-state index >= 15 is 0 Å². The van der Waals surface area contributed by atoms with Crippen molar-refractivity contribution in [1.82, 2.24) is 24.6 Å². The third kappa shape index (κ3) is 6.05. The molecular weight excluding hydrogens is 394 g/mol. The van der Waals surface area contributed by atoms with Crippen LogP contribution in [-0.4, -0.2) is 63.6 Å². The van der Waals surface area contributed by atoms with Gasteiger partial charge in [0.15, 0.2) is 11.3 Å². The maximum absolute atomic E-state index is 9.00. The van der Waals surface area contributed by atoms with Gasteiger partial charge in [0.05, 0.1) is 19.9 Å². The number of methoxy groups -OCH3 is 1. The number of benzene rings is 1. The summed E-state index contributed by atoms with van der Waals surface area (Å²) in [7, 11) is 3.73. The quantitative estimate of drug-likeness (QED) is 0.378. The highest BCUT2D eigenvalue weighted by Crippen LogP contribution is 2.24. The van der Waals surface area contributed by atoms with Crippen molar-refractivity contribution in [1.29, 1.82) is 0 Å². The van der Waals surface area contributed by atoms with Crippen LogP contribution in [0.25, 0.3) is 11.0 Å². The Kier molecular flexibility index (Phi) is 8.02. The summed E-state index contributed by atoms with van der Waals surface area (Å²) < 4.78 is 7.49. The van der Waals surface area contributed by atoms with E-state index in [1.165, 1.54) is 0 Å². The molecule has 168 valence electrons. The normalized spacial score (nSPS) is 11.4. The highest BCUT2D eigenvalue weighted by Gasteiger charge is 2.13. The summed E-state index contributed by atoms with van der Waals surface area (Å²) in [6.07, 6.45) is 4.79. The van der Waals surface area contributed by atoms with Crippen LogP contribution in [0, 0.1) is 0 Å². The van der Waals surface area contributed by atoms with Gasteiger partial charge in [-0.15, -0.1) is 0 Å². The molecule has 0 aliphatic heterocycles. The van der Waals surface area contributed by atoms with Gasteiger partial charge in [-0.2, -0.15) is 10.1 Å². The monoisotopic (exact) mass is 427 g/mol. The van der Waals surface area contributed by atoms with Crippen LogP contribution in [0.2, 0.25) is 0 Å². The number of nitrogens with one attached hydrogen (secondary N) is 1. The van der Waals surface area contributed by atoms with E-state index < -0.39 is 0 Å². The van der Waals surface area contributed by atoms with E-state index in [-0.39, 0.29) is 12.6 Å². The Morgan fingerprint density at radius 3 is 2.84 bits per heavy atom. The fourth-order valence-electron chi connectivity index (χ4n) is 3.49. The molecule has 4 N–H and O–H groups in total. The van der Waals surface area contributed by atoms with Crippen LogP contribution in [0.1, 0.15) is 37.3 Å². The highest BCUT2D eigenvalue weighted by molar-refractivity contribution is 5.85. The molecule has 2 aromatic heterocycles. The summed E-state index contributed by atoms with van der Waals surface area (Å²) in [4.78, 5) is 10.8. The molecule has 0 atom stereocenters. The van der Waals surface area contributed by atoms with E-state index in [1.54, 1.807) is 7.11 Å². The first-order chi connectivity index (χ1) is 15.0. The van der Waals surface area contributed by atoms with Crippen LogP contribution in [0.4, 0.5) is 11.8 Å². The van der Waals surface area contributed by atoms with Crippen LogP contribution >= 0.6 is 0 Å². The minimum Gasteiger partial charge on any atom is -0.496 e. The van der Waals surface area contributed by atoms with Crippen LogP contribution in [0.5, 0.6) is 5.75 Å². The Bertz CT molecular complexity index is 989. The molecule has 31 heavy (non-hydrogen) atoms. The van der Waals surface area contributed by atoms with E-state index in [0.717, 1.165) is 55.8 Å². The maximum atomic E-state index is 9.00. The molecule has 0 saturated heterocycles. The molecule has 0 saturated carbocycles. The third-order valence-electron chi connectivity index (χ3n) is 5.09. The number of anilines is 2. The fourth-order valence-corrected chi connectivity index (χ4v) is 3.49.